The molecule has 0 atom stereocenters. The first kappa shape index (κ1) is 19.7. The molecule has 0 unspecified atom stereocenters. The maximum Gasteiger partial charge on any atom is 0.214 e. The molecule has 0 saturated carbocycles. The summed E-state index contributed by atoms with van der Waals surface area (Å²) in [6, 6.07) is 14.8. The third-order valence-corrected chi connectivity index (χ3v) is 5.96. The number of halogens is 1. The fraction of sp³-hybridized carbons (Fsp3) is 0.158. The van der Waals surface area contributed by atoms with Crippen molar-refractivity contribution in [2.24, 2.45) is 0 Å². The van der Waals surface area contributed by atoms with E-state index in [1.807, 2.05) is 41.8 Å². The Bertz CT molecular complexity index is 1070. The molecule has 0 fully saturated rings. The Balaban J connectivity index is 1.35. The number of nitrogens with zero attached hydrogens (tertiary/aromatic N) is 5. The summed E-state index contributed by atoms with van der Waals surface area (Å²) in [6.07, 6.45) is 0. The third kappa shape index (κ3) is 5.06. The fourth-order valence-corrected chi connectivity index (χ4v) is 4.17. The average molecular weight is 446 g/mol. The van der Waals surface area contributed by atoms with Crippen LogP contribution in [0.5, 0.6) is 11.5 Å². The molecule has 4 rings (SSSR count). The second-order valence-electron chi connectivity index (χ2n) is 5.84. The molecule has 0 aliphatic carbocycles. The Morgan fingerprint density at radius 1 is 1.07 bits per heavy atom. The van der Waals surface area contributed by atoms with E-state index < -0.39 is 0 Å². The van der Waals surface area contributed by atoms with Crippen molar-refractivity contribution >= 4 is 34.7 Å². The van der Waals surface area contributed by atoms with E-state index in [9.17, 15) is 0 Å². The smallest absolute Gasteiger partial charge is 0.214 e. The van der Waals surface area contributed by atoms with Gasteiger partial charge in [0.05, 0.1) is 18.5 Å². The van der Waals surface area contributed by atoms with Crippen LogP contribution in [-0.2, 0) is 12.4 Å². The summed E-state index contributed by atoms with van der Waals surface area (Å²) in [6.45, 7) is 0.417. The van der Waals surface area contributed by atoms with Gasteiger partial charge in [-0.05, 0) is 59.0 Å². The van der Waals surface area contributed by atoms with Gasteiger partial charge in [-0.15, -0.1) is 16.4 Å². The Morgan fingerprint density at radius 2 is 1.83 bits per heavy atom. The van der Waals surface area contributed by atoms with Crippen LogP contribution in [0.1, 0.15) is 10.7 Å². The largest absolute Gasteiger partial charge is 0.497 e. The van der Waals surface area contributed by atoms with Gasteiger partial charge >= 0.3 is 0 Å². The van der Waals surface area contributed by atoms with E-state index in [1.165, 1.54) is 11.8 Å². The van der Waals surface area contributed by atoms with Gasteiger partial charge in [0.1, 0.15) is 23.1 Å². The second-order valence-corrected chi connectivity index (χ2v) is 8.16. The van der Waals surface area contributed by atoms with Gasteiger partial charge in [0.25, 0.3) is 0 Å². The third-order valence-electron chi connectivity index (χ3n) is 3.88. The summed E-state index contributed by atoms with van der Waals surface area (Å²) in [5.41, 5.74) is 1.83. The summed E-state index contributed by atoms with van der Waals surface area (Å²) in [5.74, 6) is 2.21. The topological polar surface area (TPSA) is 75.0 Å². The van der Waals surface area contributed by atoms with Gasteiger partial charge in [0.15, 0.2) is 0 Å². The molecule has 0 radical (unpaired) electrons. The van der Waals surface area contributed by atoms with Crippen LogP contribution in [0.3, 0.4) is 0 Å². The number of thiazole rings is 1. The average Bonchev–Trinajstić information content (AvgIpc) is 3.41. The number of hydrogen-bond donors (Lipinski definition) is 0. The van der Waals surface area contributed by atoms with E-state index in [1.54, 1.807) is 35.3 Å². The lowest BCUT2D eigenvalue weighted by atomic mass is 10.3. The molecule has 0 bridgehead atoms. The highest BCUT2D eigenvalue weighted by atomic mass is 35.5. The molecule has 29 heavy (non-hydrogen) atoms. The molecule has 10 heteroatoms. The van der Waals surface area contributed by atoms with Gasteiger partial charge in [0, 0.05) is 16.2 Å². The maximum atomic E-state index is 5.88. The van der Waals surface area contributed by atoms with Crippen LogP contribution in [0.4, 0.5) is 0 Å². The number of tetrazole rings is 1. The molecule has 7 nitrogen and oxygen atoms in total. The second kappa shape index (κ2) is 9.25. The lowest BCUT2D eigenvalue weighted by molar-refractivity contribution is 0.305. The number of thioether (sulfide) groups is 1. The van der Waals surface area contributed by atoms with Crippen molar-refractivity contribution < 1.29 is 9.47 Å². The number of hydrogen-bond acceptors (Lipinski definition) is 8. The summed E-state index contributed by atoms with van der Waals surface area (Å²) < 4.78 is 12.6. The molecule has 0 saturated heterocycles. The minimum Gasteiger partial charge on any atom is -0.497 e. The Hall–Kier alpha value is -2.62. The van der Waals surface area contributed by atoms with Crippen LogP contribution in [0.2, 0.25) is 5.02 Å². The zero-order valence-electron chi connectivity index (χ0n) is 15.4. The summed E-state index contributed by atoms with van der Waals surface area (Å²) in [7, 11) is 1.63. The Labute approximate surface area is 180 Å². The van der Waals surface area contributed by atoms with Gasteiger partial charge in [-0.25, -0.2) is 4.98 Å². The van der Waals surface area contributed by atoms with Crippen molar-refractivity contribution in [2.45, 2.75) is 17.5 Å². The molecule has 2 aromatic carbocycles. The first-order valence-electron chi connectivity index (χ1n) is 8.58. The predicted molar refractivity (Wildman–Crippen MR) is 113 cm³/mol. The minimum absolute atomic E-state index is 0.417. The zero-order chi connectivity index (χ0) is 20.1. The van der Waals surface area contributed by atoms with Crippen LogP contribution in [0.25, 0.3) is 5.69 Å². The van der Waals surface area contributed by atoms with Gasteiger partial charge in [-0.3, -0.25) is 0 Å². The van der Waals surface area contributed by atoms with Crippen molar-refractivity contribution in [3.8, 4) is 17.2 Å². The van der Waals surface area contributed by atoms with Crippen LogP contribution >= 0.6 is 34.7 Å². The quantitative estimate of drug-likeness (QED) is 0.365. The molecule has 0 aliphatic heterocycles. The first-order valence-corrected chi connectivity index (χ1v) is 10.8. The lowest BCUT2D eigenvalue weighted by Crippen LogP contribution is -1.99. The molecule has 0 amide bonds. The fourth-order valence-electron chi connectivity index (χ4n) is 2.45. The molecule has 0 aliphatic rings. The summed E-state index contributed by atoms with van der Waals surface area (Å²) in [5, 5.41) is 16.3. The minimum atomic E-state index is 0.417. The molecule has 2 heterocycles. The monoisotopic (exact) mass is 445 g/mol. The molecule has 4 aromatic rings. The molecule has 2 aromatic heterocycles. The molecular weight excluding hydrogens is 430 g/mol. The summed E-state index contributed by atoms with van der Waals surface area (Å²) in [4.78, 5) is 4.62. The van der Waals surface area contributed by atoms with E-state index in [4.69, 9.17) is 21.1 Å². The van der Waals surface area contributed by atoms with E-state index in [-0.39, 0.29) is 0 Å². The number of methoxy groups -OCH3 is 1. The van der Waals surface area contributed by atoms with Crippen LogP contribution in [0, 0.1) is 0 Å². The van der Waals surface area contributed by atoms with E-state index in [0.717, 1.165) is 27.9 Å². The van der Waals surface area contributed by atoms with E-state index in [2.05, 4.69) is 20.5 Å². The van der Waals surface area contributed by atoms with Crippen molar-refractivity contribution in [1.82, 2.24) is 25.2 Å². The standard InChI is InChI=1S/C19H16ClN5O2S2/c1-26-16-8-4-15(5-9-16)25-19(22-23-24-25)29-12-14-11-28-18(21-14)10-27-17-6-2-13(20)3-7-17/h2-9,11H,10,12H2,1H3. The Kier molecular flexibility index (Phi) is 6.28. The van der Waals surface area contributed by atoms with Crippen LogP contribution in [-0.4, -0.2) is 32.3 Å². The van der Waals surface area contributed by atoms with Crippen molar-refractivity contribution in [2.75, 3.05) is 7.11 Å². The Morgan fingerprint density at radius 3 is 2.59 bits per heavy atom. The predicted octanol–water partition coefficient (Wildman–Crippen LogP) is 4.65. The molecule has 0 spiro atoms. The maximum absolute atomic E-state index is 5.88. The lowest BCUT2D eigenvalue weighted by Gasteiger charge is -2.05. The highest BCUT2D eigenvalue weighted by Gasteiger charge is 2.11. The first-order chi connectivity index (χ1) is 14.2. The van der Waals surface area contributed by atoms with E-state index in [0.29, 0.717) is 22.5 Å². The number of ether oxygens (including phenoxy) is 2. The van der Waals surface area contributed by atoms with Crippen molar-refractivity contribution in [3.05, 3.63) is 69.6 Å². The normalized spacial score (nSPS) is 10.8. The molecule has 0 N–H and O–H groups in total. The van der Waals surface area contributed by atoms with Crippen LogP contribution in [0.15, 0.2) is 59.1 Å². The van der Waals surface area contributed by atoms with Gasteiger partial charge < -0.3 is 9.47 Å². The summed E-state index contributed by atoms with van der Waals surface area (Å²) >= 11 is 8.97. The number of aromatic nitrogens is 5. The van der Waals surface area contributed by atoms with Gasteiger partial charge in [-0.1, -0.05) is 23.4 Å². The van der Waals surface area contributed by atoms with E-state index >= 15 is 0 Å². The molecule has 148 valence electrons. The highest BCUT2D eigenvalue weighted by molar-refractivity contribution is 7.98. The number of rotatable bonds is 8. The molecular formula is C19H16ClN5O2S2. The van der Waals surface area contributed by atoms with Gasteiger partial charge in [0.2, 0.25) is 5.16 Å². The van der Waals surface area contributed by atoms with Crippen molar-refractivity contribution in [1.29, 1.82) is 0 Å². The number of benzene rings is 2. The van der Waals surface area contributed by atoms with Crippen LogP contribution < -0.4 is 9.47 Å². The van der Waals surface area contributed by atoms with Crippen molar-refractivity contribution in [3.63, 3.8) is 0 Å². The SMILES string of the molecule is COc1ccc(-n2nnnc2SCc2csc(COc3ccc(Cl)cc3)n2)cc1. The highest BCUT2D eigenvalue weighted by Crippen LogP contribution is 2.25. The zero-order valence-corrected chi connectivity index (χ0v) is 17.7. The van der Waals surface area contributed by atoms with Gasteiger partial charge in [-0.2, -0.15) is 4.68 Å².